The van der Waals surface area contributed by atoms with Crippen molar-refractivity contribution in [3.05, 3.63) is 48.5 Å². The van der Waals surface area contributed by atoms with E-state index in [0.717, 1.165) is 48.0 Å². The third-order valence-electron chi connectivity index (χ3n) is 4.19. The number of anilines is 2. The average Bonchev–Trinajstić information content (AvgIpc) is 3.10. The minimum atomic E-state index is 0.769. The third kappa shape index (κ3) is 3.18. The van der Waals surface area contributed by atoms with Gasteiger partial charge >= 0.3 is 0 Å². The molecule has 0 spiro atoms. The van der Waals surface area contributed by atoms with Crippen LogP contribution in [0.3, 0.4) is 0 Å². The van der Waals surface area contributed by atoms with Gasteiger partial charge in [0.15, 0.2) is 5.11 Å². The number of rotatable bonds is 2. The number of benzene rings is 2. The molecule has 1 aromatic heterocycles. The van der Waals surface area contributed by atoms with Gasteiger partial charge in [-0.2, -0.15) is 8.75 Å². The molecule has 4 rings (SSSR count). The zero-order chi connectivity index (χ0) is 16.4. The number of hydrogen-bond acceptors (Lipinski definition) is 5. The van der Waals surface area contributed by atoms with Crippen LogP contribution < -0.4 is 10.2 Å². The first-order valence-electron chi connectivity index (χ1n) is 7.88. The fourth-order valence-corrected chi connectivity index (χ4v) is 3.69. The molecule has 1 saturated heterocycles. The molecule has 0 bridgehead atoms. The molecule has 0 amide bonds. The monoisotopic (exact) mass is 355 g/mol. The van der Waals surface area contributed by atoms with E-state index in [2.05, 4.69) is 48.1 Å². The third-order valence-corrected chi connectivity index (χ3v) is 5.11. The molecular formula is C17H17N5S2. The smallest absolute Gasteiger partial charge is 0.173 e. The number of fused-ring (bicyclic) bond motifs is 1. The second-order valence-electron chi connectivity index (χ2n) is 5.71. The van der Waals surface area contributed by atoms with Crippen LogP contribution in [0.2, 0.25) is 0 Å². The van der Waals surface area contributed by atoms with Crippen LogP contribution in [0.25, 0.3) is 11.0 Å². The van der Waals surface area contributed by atoms with Gasteiger partial charge in [0.25, 0.3) is 0 Å². The van der Waals surface area contributed by atoms with Crippen LogP contribution in [0.5, 0.6) is 0 Å². The number of thiocarbonyl (C=S) groups is 1. The molecule has 1 aliphatic rings. The van der Waals surface area contributed by atoms with Crippen LogP contribution in [0.1, 0.15) is 0 Å². The summed E-state index contributed by atoms with van der Waals surface area (Å²) in [4.78, 5) is 4.62. The van der Waals surface area contributed by atoms with Crippen LogP contribution >= 0.6 is 23.9 Å². The highest BCUT2D eigenvalue weighted by atomic mass is 32.1. The zero-order valence-electron chi connectivity index (χ0n) is 13.1. The fraction of sp³-hybridized carbons (Fsp3) is 0.235. The Bertz CT molecular complexity index is 840. The molecular weight excluding hydrogens is 338 g/mol. The Balaban J connectivity index is 1.37. The number of piperazine rings is 1. The van der Waals surface area contributed by atoms with Crippen molar-refractivity contribution in [3.63, 3.8) is 0 Å². The van der Waals surface area contributed by atoms with E-state index in [9.17, 15) is 0 Å². The quantitative estimate of drug-likeness (QED) is 0.712. The first-order valence-corrected chi connectivity index (χ1v) is 9.02. The summed E-state index contributed by atoms with van der Waals surface area (Å²) in [6, 6.07) is 16.5. The van der Waals surface area contributed by atoms with Gasteiger partial charge in [0.2, 0.25) is 0 Å². The number of nitrogens with zero attached hydrogens (tertiary/aromatic N) is 4. The van der Waals surface area contributed by atoms with E-state index in [1.807, 2.05) is 24.3 Å². The molecule has 5 nitrogen and oxygen atoms in total. The molecule has 7 heteroatoms. The molecule has 3 aromatic rings. The molecule has 2 heterocycles. The van der Waals surface area contributed by atoms with Crippen LogP contribution in [0.4, 0.5) is 11.4 Å². The lowest BCUT2D eigenvalue weighted by Crippen LogP contribution is -2.50. The number of nitrogens with one attached hydrogen (secondary N) is 1. The summed E-state index contributed by atoms with van der Waals surface area (Å²) < 4.78 is 8.49. The molecule has 1 aliphatic heterocycles. The molecule has 2 aromatic carbocycles. The lowest BCUT2D eigenvalue weighted by Gasteiger charge is -2.37. The molecule has 1 fully saturated rings. The van der Waals surface area contributed by atoms with Crippen molar-refractivity contribution in [2.45, 2.75) is 0 Å². The second-order valence-corrected chi connectivity index (χ2v) is 6.62. The van der Waals surface area contributed by atoms with Crippen molar-refractivity contribution >= 4 is 51.5 Å². The van der Waals surface area contributed by atoms with Gasteiger partial charge in [-0.3, -0.25) is 0 Å². The Morgan fingerprint density at radius 2 is 1.71 bits per heavy atom. The molecule has 0 aliphatic carbocycles. The molecule has 1 N–H and O–H groups in total. The summed E-state index contributed by atoms with van der Waals surface area (Å²) in [5.41, 5.74) is 4.07. The van der Waals surface area contributed by atoms with E-state index >= 15 is 0 Å². The van der Waals surface area contributed by atoms with Crippen LogP contribution in [0, 0.1) is 0 Å². The lowest BCUT2D eigenvalue weighted by atomic mass is 10.2. The van der Waals surface area contributed by atoms with E-state index in [-0.39, 0.29) is 0 Å². The summed E-state index contributed by atoms with van der Waals surface area (Å²) in [7, 11) is 0. The highest BCUT2D eigenvalue weighted by Gasteiger charge is 2.19. The van der Waals surface area contributed by atoms with Gasteiger partial charge in [-0.1, -0.05) is 18.2 Å². The van der Waals surface area contributed by atoms with E-state index in [0.29, 0.717) is 0 Å². The van der Waals surface area contributed by atoms with Gasteiger partial charge in [-0.15, -0.1) is 0 Å². The van der Waals surface area contributed by atoms with Crippen molar-refractivity contribution in [1.82, 2.24) is 13.6 Å². The summed E-state index contributed by atoms with van der Waals surface area (Å²) in [6.07, 6.45) is 0. The molecule has 0 radical (unpaired) electrons. The number of para-hydroxylation sites is 1. The van der Waals surface area contributed by atoms with Crippen LogP contribution in [-0.2, 0) is 0 Å². The van der Waals surface area contributed by atoms with E-state index in [1.54, 1.807) is 0 Å². The first-order chi connectivity index (χ1) is 11.8. The largest absolute Gasteiger partial charge is 0.368 e. The zero-order valence-corrected chi connectivity index (χ0v) is 14.7. The van der Waals surface area contributed by atoms with E-state index in [1.165, 1.54) is 17.4 Å². The van der Waals surface area contributed by atoms with E-state index < -0.39 is 0 Å². The fourth-order valence-electron chi connectivity index (χ4n) is 2.87. The predicted octanol–water partition coefficient (Wildman–Crippen LogP) is 3.21. The van der Waals surface area contributed by atoms with Gasteiger partial charge in [-0.25, -0.2) is 0 Å². The Labute approximate surface area is 150 Å². The van der Waals surface area contributed by atoms with Gasteiger partial charge in [-0.05, 0) is 42.5 Å². The molecule has 0 saturated carbocycles. The van der Waals surface area contributed by atoms with Gasteiger partial charge in [0.1, 0.15) is 11.0 Å². The molecule has 122 valence electrons. The van der Waals surface area contributed by atoms with Gasteiger partial charge in [0, 0.05) is 37.6 Å². The SMILES string of the molecule is S=C(Nc1ccc2nsnc2c1)N1CCN(c2ccccc2)CC1. The summed E-state index contributed by atoms with van der Waals surface area (Å²) in [5, 5.41) is 4.09. The van der Waals surface area contributed by atoms with Gasteiger partial charge < -0.3 is 15.1 Å². The molecule has 0 atom stereocenters. The Kier molecular flexibility index (Phi) is 4.27. The van der Waals surface area contributed by atoms with Crippen LogP contribution in [-0.4, -0.2) is 44.9 Å². The van der Waals surface area contributed by atoms with E-state index in [4.69, 9.17) is 12.2 Å². The average molecular weight is 355 g/mol. The number of aromatic nitrogens is 2. The predicted molar refractivity (Wildman–Crippen MR) is 104 cm³/mol. The minimum absolute atomic E-state index is 0.769. The topological polar surface area (TPSA) is 44.3 Å². The maximum absolute atomic E-state index is 5.58. The minimum Gasteiger partial charge on any atom is -0.368 e. The molecule has 24 heavy (non-hydrogen) atoms. The summed E-state index contributed by atoms with van der Waals surface area (Å²) in [6.45, 7) is 3.78. The van der Waals surface area contributed by atoms with Crippen LogP contribution in [0.15, 0.2) is 48.5 Å². The van der Waals surface area contributed by atoms with Crippen molar-refractivity contribution in [2.75, 3.05) is 36.4 Å². The lowest BCUT2D eigenvalue weighted by molar-refractivity contribution is 0.391. The first kappa shape index (κ1) is 15.3. The normalized spacial score (nSPS) is 14.8. The van der Waals surface area contributed by atoms with Gasteiger partial charge in [0.05, 0.1) is 11.7 Å². The van der Waals surface area contributed by atoms with Crippen molar-refractivity contribution in [2.24, 2.45) is 0 Å². The highest BCUT2D eigenvalue weighted by Crippen LogP contribution is 2.19. The van der Waals surface area contributed by atoms with Crippen molar-refractivity contribution in [1.29, 1.82) is 0 Å². The molecule has 0 unspecified atom stereocenters. The Morgan fingerprint density at radius 1 is 0.958 bits per heavy atom. The highest BCUT2D eigenvalue weighted by molar-refractivity contribution is 7.80. The Morgan fingerprint density at radius 3 is 2.50 bits per heavy atom. The van der Waals surface area contributed by atoms with Crippen molar-refractivity contribution in [3.8, 4) is 0 Å². The maximum atomic E-state index is 5.58. The summed E-state index contributed by atoms with van der Waals surface area (Å²) >= 11 is 6.81. The maximum Gasteiger partial charge on any atom is 0.173 e. The number of hydrogen-bond donors (Lipinski definition) is 1. The summed E-state index contributed by atoms with van der Waals surface area (Å²) in [5.74, 6) is 0. The van der Waals surface area contributed by atoms with Crippen molar-refractivity contribution < 1.29 is 0 Å². The second kappa shape index (κ2) is 6.70. The standard InChI is InChI=1S/C17H17N5S2/c23-17(18-13-6-7-15-16(12-13)20-24-19-15)22-10-8-21(9-11-22)14-4-2-1-3-5-14/h1-7,12H,8-11H2,(H,18,23). The Hall–Kier alpha value is -2.25.